The van der Waals surface area contributed by atoms with Crippen LogP contribution in [0.2, 0.25) is 0 Å². The van der Waals surface area contributed by atoms with E-state index in [4.69, 9.17) is 4.74 Å². The molecule has 0 radical (unpaired) electrons. The summed E-state index contributed by atoms with van der Waals surface area (Å²) in [5.41, 5.74) is 0.190. The normalized spacial score (nSPS) is 20.8. The molecule has 9 heteroatoms. The highest BCUT2D eigenvalue weighted by Crippen LogP contribution is 2.31. The SMILES string of the molecule is O=C(c1ccc2cc(Oc3ccc(C(F)(F)F)cn3)ccc2n1)N1CC[C@@H]2CN[C@@H]2C1. The van der Waals surface area contributed by atoms with Crippen LogP contribution in [-0.4, -0.2) is 46.5 Å². The molecule has 31 heavy (non-hydrogen) atoms. The Labute approximate surface area is 176 Å². The molecular weight excluding hydrogens is 409 g/mol. The Morgan fingerprint density at radius 3 is 2.71 bits per heavy atom. The van der Waals surface area contributed by atoms with Crippen LogP contribution in [0.4, 0.5) is 13.2 Å². The first-order valence-electron chi connectivity index (χ1n) is 10.0. The van der Waals surface area contributed by atoms with Crippen molar-refractivity contribution in [1.82, 2.24) is 20.2 Å². The zero-order chi connectivity index (χ0) is 21.6. The summed E-state index contributed by atoms with van der Waals surface area (Å²) >= 11 is 0. The number of aromatic nitrogens is 2. The number of halogens is 3. The van der Waals surface area contributed by atoms with Crippen molar-refractivity contribution >= 4 is 16.8 Å². The maximum absolute atomic E-state index is 12.8. The van der Waals surface area contributed by atoms with Crippen molar-refractivity contribution < 1.29 is 22.7 Å². The summed E-state index contributed by atoms with van der Waals surface area (Å²) in [6, 6.07) is 11.0. The highest BCUT2D eigenvalue weighted by molar-refractivity contribution is 5.95. The molecule has 0 unspecified atom stereocenters. The number of piperidine rings is 1. The fraction of sp³-hybridized carbons (Fsp3) is 0.318. The van der Waals surface area contributed by atoms with Crippen molar-refractivity contribution in [1.29, 1.82) is 0 Å². The fourth-order valence-corrected chi connectivity index (χ4v) is 3.98. The van der Waals surface area contributed by atoms with E-state index in [9.17, 15) is 18.0 Å². The summed E-state index contributed by atoms with van der Waals surface area (Å²) in [4.78, 5) is 22.9. The molecule has 1 amide bonds. The number of alkyl halides is 3. The van der Waals surface area contributed by atoms with Crippen LogP contribution >= 0.6 is 0 Å². The Morgan fingerprint density at radius 1 is 1.16 bits per heavy atom. The number of nitrogens with zero attached hydrogens (tertiary/aromatic N) is 3. The first kappa shape index (κ1) is 19.7. The molecule has 2 aromatic heterocycles. The van der Waals surface area contributed by atoms with E-state index < -0.39 is 11.7 Å². The maximum Gasteiger partial charge on any atom is 0.417 e. The molecule has 2 atom stereocenters. The summed E-state index contributed by atoms with van der Waals surface area (Å²) in [6.07, 6.45) is -2.70. The number of hydrogen-bond acceptors (Lipinski definition) is 5. The summed E-state index contributed by atoms with van der Waals surface area (Å²) in [7, 11) is 0. The van der Waals surface area contributed by atoms with Gasteiger partial charge in [0.2, 0.25) is 5.88 Å². The quantitative estimate of drug-likeness (QED) is 0.686. The third kappa shape index (κ3) is 3.93. The van der Waals surface area contributed by atoms with Gasteiger partial charge >= 0.3 is 6.18 Å². The Hall–Kier alpha value is -3.20. The minimum atomic E-state index is -4.44. The number of rotatable bonds is 3. The van der Waals surface area contributed by atoms with Gasteiger partial charge in [-0.15, -0.1) is 0 Å². The average molecular weight is 428 g/mol. The van der Waals surface area contributed by atoms with Crippen molar-refractivity contribution in [2.45, 2.75) is 18.6 Å². The third-order valence-corrected chi connectivity index (χ3v) is 5.85. The lowest BCUT2D eigenvalue weighted by atomic mass is 9.85. The molecule has 3 aromatic rings. The molecule has 2 saturated heterocycles. The van der Waals surface area contributed by atoms with E-state index in [0.29, 0.717) is 35.5 Å². The first-order valence-corrected chi connectivity index (χ1v) is 10.0. The highest BCUT2D eigenvalue weighted by Gasteiger charge is 2.37. The van der Waals surface area contributed by atoms with Gasteiger partial charge in [-0.1, -0.05) is 6.07 Å². The van der Waals surface area contributed by atoms with E-state index in [1.54, 1.807) is 30.3 Å². The van der Waals surface area contributed by atoms with E-state index in [0.717, 1.165) is 37.2 Å². The van der Waals surface area contributed by atoms with Crippen molar-refractivity contribution in [3.05, 3.63) is 59.9 Å². The standard InChI is InChI=1S/C22H19F3N4O2/c23-22(24,25)15-2-6-20(27-11-15)31-16-3-5-17-13(9-16)1-4-18(28-17)21(30)29-8-7-14-10-26-19(14)12-29/h1-6,9,11,14,19,26H,7-8,10,12H2/t14-,19-/m1/s1. The Morgan fingerprint density at radius 2 is 2.03 bits per heavy atom. The molecular formula is C22H19F3N4O2. The van der Waals surface area contributed by atoms with Crippen molar-refractivity contribution in [2.75, 3.05) is 19.6 Å². The number of nitrogens with one attached hydrogen (secondary N) is 1. The van der Waals surface area contributed by atoms with Gasteiger partial charge in [-0.25, -0.2) is 9.97 Å². The minimum absolute atomic E-state index is 0.0557. The van der Waals surface area contributed by atoms with E-state index in [1.165, 1.54) is 6.07 Å². The van der Waals surface area contributed by atoms with Crippen molar-refractivity contribution in [3.63, 3.8) is 0 Å². The predicted octanol–water partition coefficient (Wildman–Crippen LogP) is 3.87. The van der Waals surface area contributed by atoms with Crippen LogP contribution in [-0.2, 0) is 6.18 Å². The second-order valence-electron chi connectivity index (χ2n) is 7.85. The summed E-state index contributed by atoms with van der Waals surface area (Å²) < 4.78 is 43.5. The number of pyridine rings is 2. The molecule has 160 valence electrons. The van der Waals surface area contributed by atoms with Crippen LogP contribution < -0.4 is 10.1 Å². The number of benzene rings is 1. The molecule has 0 aliphatic carbocycles. The van der Waals surface area contributed by atoms with Crippen LogP contribution in [0.1, 0.15) is 22.5 Å². The largest absolute Gasteiger partial charge is 0.439 e. The molecule has 1 N–H and O–H groups in total. The Kier molecular flexibility index (Phi) is 4.77. The molecule has 2 aliphatic heterocycles. The minimum Gasteiger partial charge on any atom is -0.439 e. The van der Waals surface area contributed by atoms with Crippen LogP contribution in [0, 0.1) is 5.92 Å². The average Bonchev–Trinajstić information content (AvgIpc) is 2.73. The molecule has 2 aliphatic rings. The molecule has 0 spiro atoms. The first-order chi connectivity index (χ1) is 14.9. The highest BCUT2D eigenvalue weighted by atomic mass is 19.4. The van der Waals surface area contributed by atoms with E-state index in [2.05, 4.69) is 15.3 Å². The van der Waals surface area contributed by atoms with E-state index >= 15 is 0 Å². The number of carbonyl (C=O) groups excluding carboxylic acids is 1. The van der Waals surface area contributed by atoms with Gasteiger partial charge in [0.15, 0.2) is 0 Å². The molecule has 1 aromatic carbocycles. The van der Waals surface area contributed by atoms with Crippen LogP contribution in [0.3, 0.4) is 0 Å². The lowest BCUT2D eigenvalue weighted by molar-refractivity contribution is -0.137. The second kappa shape index (κ2) is 7.49. The van der Waals surface area contributed by atoms with Crippen LogP contribution in [0.15, 0.2) is 48.7 Å². The maximum atomic E-state index is 12.8. The second-order valence-corrected chi connectivity index (χ2v) is 7.85. The number of carbonyl (C=O) groups is 1. The molecule has 0 bridgehead atoms. The van der Waals surface area contributed by atoms with Gasteiger partial charge in [0.1, 0.15) is 11.4 Å². The van der Waals surface area contributed by atoms with Gasteiger partial charge in [-0.3, -0.25) is 4.79 Å². The van der Waals surface area contributed by atoms with Gasteiger partial charge < -0.3 is 15.0 Å². The van der Waals surface area contributed by atoms with Gasteiger partial charge in [0, 0.05) is 36.8 Å². The van der Waals surface area contributed by atoms with Gasteiger partial charge in [-0.05, 0) is 49.2 Å². The molecule has 5 rings (SSSR count). The van der Waals surface area contributed by atoms with Crippen LogP contribution in [0.25, 0.3) is 10.9 Å². The molecule has 0 saturated carbocycles. The topological polar surface area (TPSA) is 67.3 Å². The number of amides is 1. The lowest BCUT2D eigenvalue weighted by Crippen LogP contribution is -2.62. The van der Waals surface area contributed by atoms with Gasteiger partial charge in [0.25, 0.3) is 5.91 Å². The smallest absolute Gasteiger partial charge is 0.417 e. The number of ether oxygens (including phenoxy) is 1. The predicted molar refractivity (Wildman–Crippen MR) is 107 cm³/mol. The molecule has 2 fully saturated rings. The monoisotopic (exact) mass is 428 g/mol. The molecule has 6 nitrogen and oxygen atoms in total. The van der Waals surface area contributed by atoms with Crippen LogP contribution in [0.5, 0.6) is 11.6 Å². The number of hydrogen-bond donors (Lipinski definition) is 1. The Bertz CT molecular complexity index is 1130. The summed E-state index contributed by atoms with van der Waals surface area (Å²) in [5.74, 6) is 1.06. The van der Waals surface area contributed by atoms with Crippen molar-refractivity contribution in [2.24, 2.45) is 5.92 Å². The lowest BCUT2D eigenvalue weighted by Gasteiger charge is -2.46. The summed E-state index contributed by atoms with van der Waals surface area (Å²) in [6.45, 7) is 2.48. The fourth-order valence-electron chi connectivity index (χ4n) is 3.98. The zero-order valence-corrected chi connectivity index (χ0v) is 16.4. The molecule has 4 heterocycles. The van der Waals surface area contributed by atoms with Crippen molar-refractivity contribution in [3.8, 4) is 11.6 Å². The Balaban J connectivity index is 1.31. The number of fused-ring (bicyclic) bond motifs is 2. The van der Waals surface area contributed by atoms with E-state index in [-0.39, 0.29) is 11.8 Å². The zero-order valence-electron chi connectivity index (χ0n) is 16.4. The number of likely N-dealkylation sites (tertiary alicyclic amines) is 1. The van der Waals surface area contributed by atoms with Gasteiger partial charge in [-0.2, -0.15) is 13.2 Å². The van der Waals surface area contributed by atoms with Gasteiger partial charge in [0.05, 0.1) is 11.1 Å². The third-order valence-electron chi connectivity index (χ3n) is 5.85. The van der Waals surface area contributed by atoms with E-state index in [1.807, 2.05) is 4.90 Å². The summed E-state index contributed by atoms with van der Waals surface area (Å²) in [5, 5.41) is 4.11.